The Balaban J connectivity index is 1.95. The standard InChI is InChI=1S/C23H21F3N2O/c1-13-15-8-5-6-9-16(15)20(29-4)12-17(13)22-14(2)27-21-18(23(24,25)26)10-7-11-19(21)28(22)3/h5-12,18H,1-4H3. The van der Waals surface area contributed by atoms with E-state index in [1.165, 1.54) is 6.08 Å². The third-order valence-electron chi connectivity index (χ3n) is 5.55. The minimum atomic E-state index is -4.38. The topological polar surface area (TPSA) is 24.8 Å². The van der Waals surface area contributed by atoms with Gasteiger partial charge in [-0.15, -0.1) is 0 Å². The number of allylic oxidation sites excluding steroid dienone is 5. The van der Waals surface area contributed by atoms with Crippen LogP contribution in [0.5, 0.6) is 5.75 Å². The maximum absolute atomic E-state index is 13.5. The van der Waals surface area contributed by atoms with Gasteiger partial charge in [-0.1, -0.05) is 36.4 Å². The van der Waals surface area contributed by atoms with Gasteiger partial charge >= 0.3 is 6.18 Å². The van der Waals surface area contributed by atoms with Crippen LogP contribution in [0.4, 0.5) is 13.2 Å². The summed E-state index contributed by atoms with van der Waals surface area (Å²) < 4.78 is 46.1. The van der Waals surface area contributed by atoms with Gasteiger partial charge in [-0.3, -0.25) is 4.99 Å². The van der Waals surface area contributed by atoms with E-state index in [9.17, 15) is 13.2 Å². The Bertz CT molecular complexity index is 1120. The quantitative estimate of drug-likeness (QED) is 0.633. The van der Waals surface area contributed by atoms with Crippen LogP contribution in [0.15, 0.2) is 64.9 Å². The van der Waals surface area contributed by atoms with Crippen LogP contribution >= 0.6 is 0 Å². The van der Waals surface area contributed by atoms with Crippen LogP contribution in [-0.2, 0) is 0 Å². The second-order valence-corrected chi connectivity index (χ2v) is 7.24. The molecule has 0 fully saturated rings. The zero-order valence-electron chi connectivity index (χ0n) is 16.6. The number of fused-ring (bicyclic) bond motifs is 2. The van der Waals surface area contributed by atoms with E-state index in [0.29, 0.717) is 11.4 Å². The van der Waals surface area contributed by atoms with Gasteiger partial charge in [-0.05, 0) is 36.9 Å². The molecular formula is C23H21F3N2O. The Morgan fingerprint density at radius 2 is 1.79 bits per heavy atom. The average molecular weight is 398 g/mol. The van der Waals surface area contributed by atoms with Gasteiger partial charge in [0.15, 0.2) is 0 Å². The number of rotatable bonds is 2. The number of hydrogen-bond acceptors (Lipinski definition) is 3. The van der Waals surface area contributed by atoms with E-state index in [4.69, 9.17) is 4.74 Å². The second kappa shape index (κ2) is 6.79. The molecule has 1 unspecified atom stereocenters. The van der Waals surface area contributed by atoms with Crippen LogP contribution in [0.25, 0.3) is 16.5 Å². The largest absolute Gasteiger partial charge is 0.496 e. The smallest absolute Gasteiger partial charge is 0.400 e. The molecular weight excluding hydrogens is 377 g/mol. The summed E-state index contributed by atoms with van der Waals surface area (Å²) in [5, 5.41) is 2.03. The van der Waals surface area contributed by atoms with Gasteiger partial charge < -0.3 is 9.64 Å². The van der Waals surface area contributed by atoms with E-state index in [1.807, 2.05) is 37.3 Å². The van der Waals surface area contributed by atoms with Crippen LogP contribution < -0.4 is 4.74 Å². The molecule has 0 bridgehead atoms. The molecule has 0 aromatic heterocycles. The molecule has 2 aliphatic rings. The summed E-state index contributed by atoms with van der Waals surface area (Å²) in [4.78, 5) is 6.21. The molecule has 0 saturated heterocycles. The average Bonchev–Trinajstić information content (AvgIpc) is 2.68. The van der Waals surface area contributed by atoms with Crippen molar-refractivity contribution in [3.05, 3.63) is 71.1 Å². The molecule has 0 radical (unpaired) electrons. The third kappa shape index (κ3) is 3.03. The summed E-state index contributed by atoms with van der Waals surface area (Å²) in [5.74, 6) is -0.982. The highest BCUT2D eigenvalue weighted by molar-refractivity contribution is 6.08. The molecule has 1 aliphatic carbocycles. The fraction of sp³-hybridized carbons (Fsp3) is 0.261. The second-order valence-electron chi connectivity index (χ2n) is 7.24. The molecule has 2 aromatic rings. The Labute approximate surface area is 167 Å². The molecule has 6 heteroatoms. The van der Waals surface area contributed by atoms with E-state index in [-0.39, 0.29) is 5.71 Å². The van der Waals surface area contributed by atoms with Crippen molar-refractivity contribution in [2.45, 2.75) is 20.0 Å². The highest BCUT2D eigenvalue weighted by Crippen LogP contribution is 2.42. The number of halogens is 3. The molecule has 0 N–H and O–H groups in total. The molecule has 1 heterocycles. The molecule has 0 spiro atoms. The summed E-state index contributed by atoms with van der Waals surface area (Å²) >= 11 is 0. The molecule has 3 nitrogen and oxygen atoms in total. The maximum Gasteiger partial charge on any atom is 0.400 e. The highest BCUT2D eigenvalue weighted by Gasteiger charge is 2.45. The number of alkyl halides is 3. The number of nitrogens with zero attached hydrogens (tertiary/aromatic N) is 2. The van der Waals surface area contributed by atoms with Crippen molar-refractivity contribution >= 4 is 22.2 Å². The van der Waals surface area contributed by atoms with Gasteiger partial charge in [-0.25, -0.2) is 0 Å². The lowest BCUT2D eigenvalue weighted by atomic mass is 9.90. The molecule has 4 rings (SSSR count). The van der Waals surface area contributed by atoms with Crippen molar-refractivity contribution in [2.24, 2.45) is 10.9 Å². The first-order valence-corrected chi connectivity index (χ1v) is 9.29. The Hall–Kier alpha value is -3.02. The van der Waals surface area contributed by atoms with Crippen molar-refractivity contribution in [1.82, 2.24) is 4.90 Å². The first-order valence-electron chi connectivity index (χ1n) is 9.29. The van der Waals surface area contributed by atoms with E-state index in [2.05, 4.69) is 4.99 Å². The highest BCUT2D eigenvalue weighted by atomic mass is 19.4. The van der Waals surface area contributed by atoms with E-state index in [1.54, 1.807) is 32.1 Å². The lowest BCUT2D eigenvalue weighted by Crippen LogP contribution is -2.38. The Kier molecular flexibility index (Phi) is 4.52. The van der Waals surface area contributed by atoms with Crippen molar-refractivity contribution in [1.29, 1.82) is 0 Å². The van der Waals surface area contributed by atoms with Gasteiger partial charge in [0.25, 0.3) is 0 Å². The van der Waals surface area contributed by atoms with Crippen molar-refractivity contribution in [3.63, 3.8) is 0 Å². The third-order valence-corrected chi connectivity index (χ3v) is 5.55. The summed E-state index contributed by atoms with van der Waals surface area (Å²) in [6.45, 7) is 3.76. The van der Waals surface area contributed by atoms with E-state index < -0.39 is 12.1 Å². The van der Waals surface area contributed by atoms with Gasteiger partial charge in [0, 0.05) is 18.0 Å². The van der Waals surface area contributed by atoms with Crippen LogP contribution in [-0.4, -0.2) is 30.9 Å². The van der Waals surface area contributed by atoms with Crippen molar-refractivity contribution in [2.75, 3.05) is 14.2 Å². The normalized spacial score (nSPS) is 19.3. The predicted octanol–water partition coefficient (Wildman–Crippen LogP) is 5.86. The van der Waals surface area contributed by atoms with Gasteiger partial charge in [0.2, 0.25) is 0 Å². The van der Waals surface area contributed by atoms with E-state index >= 15 is 0 Å². The van der Waals surface area contributed by atoms with Crippen LogP contribution in [0.3, 0.4) is 0 Å². The lowest BCUT2D eigenvalue weighted by Gasteiger charge is -2.36. The first kappa shape index (κ1) is 19.3. The van der Waals surface area contributed by atoms with Crippen molar-refractivity contribution in [3.8, 4) is 5.75 Å². The van der Waals surface area contributed by atoms with Gasteiger partial charge in [0.1, 0.15) is 11.7 Å². The molecule has 2 aromatic carbocycles. The van der Waals surface area contributed by atoms with E-state index in [0.717, 1.165) is 39.4 Å². The monoisotopic (exact) mass is 398 g/mol. The summed E-state index contributed by atoms with van der Waals surface area (Å²) in [7, 11) is 3.40. The number of ether oxygens (including phenoxy) is 1. The fourth-order valence-electron chi connectivity index (χ4n) is 4.14. The number of benzene rings is 2. The fourth-order valence-corrected chi connectivity index (χ4v) is 4.14. The summed E-state index contributed by atoms with van der Waals surface area (Å²) in [5.41, 5.74) is 3.74. The minimum absolute atomic E-state index is 0.0363. The summed E-state index contributed by atoms with van der Waals surface area (Å²) in [6.07, 6.45) is -0.0927. The predicted molar refractivity (Wildman–Crippen MR) is 110 cm³/mol. The number of aliphatic imine (C=N–C) groups is 1. The first-order chi connectivity index (χ1) is 13.7. The van der Waals surface area contributed by atoms with Crippen LogP contribution in [0.1, 0.15) is 18.1 Å². The molecule has 1 atom stereocenters. The van der Waals surface area contributed by atoms with Gasteiger partial charge in [0.05, 0.1) is 29.9 Å². The maximum atomic E-state index is 13.5. The summed E-state index contributed by atoms with van der Waals surface area (Å²) in [6, 6.07) is 9.87. The van der Waals surface area contributed by atoms with Gasteiger partial charge in [-0.2, -0.15) is 13.2 Å². The molecule has 1 aliphatic heterocycles. The Morgan fingerprint density at radius 3 is 2.45 bits per heavy atom. The SMILES string of the molecule is COc1cc(C2=C(C)N=C3C(=CC=CC3C(F)(F)F)N2C)c(C)c2ccccc12. The number of methoxy groups -OCH3 is 1. The molecule has 150 valence electrons. The Morgan fingerprint density at radius 1 is 1.10 bits per heavy atom. The molecule has 0 amide bonds. The zero-order valence-corrected chi connectivity index (χ0v) is 16.6. The lowest BCUT2D eigenvalue weighted by molar-refractivity contribution is -0.143. The minimum Gasteiger partial charge on any atom is -0.496 e. The van der Waals surface area contributed by atoms with Crippen LogP contribution in [0.2, 0.25) is 0 Å². The molecule has 0 saturated carbocycles. The zero-order chi connectivity index (χ0) is 20.9. The molecule has 29 heavy (non-hydrogen) atoms. The number of hydrogen-bond donors (Lipinski definition) is 0. The van der Waals surface area contributed by atoms with Crippen LogP contribution in [0, 0.1) is 12.8 Å². The van der Waals surface area contributed by atoms with Crippen molar-refractivity contribution < 1.29 is 17.9 Å². The number of aryl methyl sites for hydroxylation is 1.